The molecule has 1 fully saturated rings. The number of nitrogens with one attached hydrogen (secondary N) is 1. The van der Waals surface area contributed by atoms with Crippen LogP contribution < -0.4 is 5.32 Å². The van der Waals surface area contributed by atoms with Gasteiger partial charge in [0.1, 0.15) is 0 Å². The van der Waals surface area contributed by atoms with Gasteiger partial charge in [-0.1, -0.05) is 50.8 Å². The summed E-state index contributed by atoms with van der Waals surface area (Å²) in [6.45, 7) is 7.01. The lowest BCUT2D eigenvalue weighted by Gasteiger charge is -2.22. The second kappa shape index (κ2) is 8.52. The smallest absolute Gasteiger partial charge is 0.0303 e. The first-order valence-corrected chi connectivity index (χ1v) is 9.16. The Morgan fingerprint density at radius 1 is 1.15 bits per heavy atom. The van der Waals surface area contributed by atoms with E-state index >= 15 is 0 Å². The molecule has 1 aromatic carbocycles. The van der Waals surface area contributed by atoms with Gasteiger partial charge in [-0.2, -0.15) is 0 Å². The second-order valence-electron chi connectivity index (χ2n) is 5.60. The van der Waals surface area contributed by atoms with Gasteiger partial charge in [-0.05, 0) is 50.6 Å². The Bertz CT molecular complexity index is 415. The summed E-state index contributed by atoms with van der Waals surface area (Å²) in [7, 11) is 0. The zero-order valence-corrected chi connectivity index (χ0v) is 15.3. The summed E-state index contributed by atoms with van der Waals surface area (Å²) < 4.78 is 2.28. The van der Waals surface area contributed by atoms with E-state index < -0.39 is 0 Å². The Hall–Kier alpha value is 0.1000. The molecule has 2 rings (SSSR count). The van der Waals surface area contributed by atoms with Crippen molar-refractivity contribution in [3.63, 3.8) is 0 Å². The van der Waals surface area contributed by atoms with E-state index in [2.05, 4.69) is 67.2 Å². The highest BCUT2D eigenvalue weighted by Crippen LogP contribution is 2.26. The fraction of sp³-hybridized carbons (Fsp3) is 0.625. The molecule has 20 heavy (non-hydrogen) atoms. The summed E-state index contributed by atoms with van der Waals surface area (Å²) in [5, 5.41) is 3.64. The van der Waals surface area contributed by atoms with Crippen molar-refractivity contribution >= 4 is 31.9 Å². The van der Waals surface area contributed by atoms with E-state index in [9.17, 15) is 0 Å². The van der Waals surface area contributed by atoms with Gasteiger partial charge in [0.15, 0.2) is 0 Å². The van der Waals surface area contributed by atoms with Crippen molar-refractivity contribution in [2.75, 3.05) is 26.2 Å². The van der Waals surface area contributed by atoms with Crippen molar-refractivity contribution in [2.45, 2.75) is 38.6 Å². The number of benzene rings is 1. The lowest BCUT2D eigenvalue weighted by atomic mass is 10.1. The molecule has 1 atom stereocenters. The molecule has 1 heterocycles. The third-order valence-electron chi connectivity index (χ3n) is 4.01. The highest BCUT2D eigenvalue weighted by Gasteiger charge is 2.11. The molecule has 1 aliphatic rings. The molecule has 0 aromatic heterocycles. The van der Waals surface area contributed by atoms with Gasteiger partial charge in [0.25, 0.3) is 0 Å². The number of hydrogen-bond acceptors (Lipinski definition) is 2. The van der Waals surface area contributed by atoms with Crippen LogP contribution >= 0.6 is 31.9 Å². The summed E-state index contributed by atoms with van der Waals surface area (Å²) in [4.78, 5) is 2.60. The molecule has 2 nitrogen and oxygen atoms in total. The number of halogens is 2. The minimum atomic E-state index is 0.379. The van der Waals surface area contributed by atoms with Gasteiger partial charge in [0.05, 0.1) is 0 Å². The maximum atomic E-state index is 3.65. The molecule has 0 aliphatic carbocycles. The van der Waals surface area contributed by atoms with Gasteiger partial charge in [0, 0.05) is 28.1 Å². The summed E-state index contributed by atoms with van der Waals surface area (Å²) in [5.74, 6) is 0. The lowest BCUT2D eigenvalue weighted by Crippen LogP contribution is -2.33. The molecular weight excluding hydrogens is 380 g/mol. The predicted octanol–water partition coefficient (Wildman–Crippen LogP) is 4.74. The Morgan fingerprint density at radius 3 is 2.50 bits per heavy atom. The second-order valence-corrected chi connectivity index (χ2v) is 7.37. The standard InChI is InChI=1S/C16H24Br2N2/c1-13(15-7-6-14(17)12-16(15)18)19-8-11-20-9-4-2-3-5-10-20/h6-7,12-13,19H,2-5,8-11H2,1H3. The first-order valence-electron chi connectivity index (χ1n) is 7.57. The average molecular weight is 404 g/mol. The van der Waals surface area contributed by atoms with Crippen LogP contribution in [0.2, 0.25) is 0 Å². The van der Waals surface area contributed by atoms with Crippen molar-refractivity contribution in [3.05, 3.63) is 32.7 Å². The summed E-state index contributed by atoms with van der Waals surface area (Å²) >= 11 is 7.15. The molecule has 0 saturated carbocycles. The zero-order valence-electron chi connectivity index (χ0n) is 12.2. The van der Waals surface area contributed by atoms with Gasteiger partial charge in [-0.15, -0.1) is 0 Å². The molecule has 1 N–H and O–H groups in total. The number of nitrogens with zero attached hydrogens (tertiary/aromatic N) is 1. The van der Waals surface area contributed by atoms with Crippen LogP contribution in [0.3, 0.4) is 0 Å². The summed E-state index contributed by atoms with van der Waals surface area (Å²) in [6, 6.07) is 6.78. The normalized spacial score (nSPS) is 18.8. The van der Waals surface area contributed by atoms with E-state index in [1.807, 2.05) is 0 Å². The van der Waals surface area contributed by atoms with Crippen LogP contribution in [0.15, 0.2) is 27.1 Å². The predicted molar refractivity (Wildman–Crippen MR) is 93.2 cm³/mol. The first kappa shape index (κ1) is 16.5. The van der Waals surface area contributed by atoms with E-state index in [1.54, 1.807) is 0 Å². The van der Waals surface area contributed by atoms with Gasteiger partial charge in [-0.3, -0.25) is 0 Å². The van der Waals surface area contributed by atoms with Crippen LogP contribution in [0.4, 0.5) is 0 Å². The minimum absolute atomic E-state index is 0.379. The maximum absolute atomic E-state index is 3.65. The highest BCUT2D eigenvalue weighted by molar-refractivity contribution is 9.11. The monoisotopic (exact) mass is 402 g/mol. The average Bonchev–Trinajstić information content (AvgIpc) is 2.67. The van der Waals surface area contributed by atoms with Crippen LogP contribution in [0.1, 0.15) is 44.2 Å². The molecular formula is C16H24Br2N2. The number of rotatable bonds is 5. The molecule has 0 radical (unpaired) electrons. The largest absolute Gasteiger partial charge is 0.309 e. The van der Waals surface area contributed by atoms with Crippen LogP contribution in [-0.4, -0.2) is 31.1 Å². The van der Waals surface area contributed by atoms with E-state index in [0.29, 0.717) is 6.04 Å². The Morgan fingerprint density at radius 2 is 1.85 bits per heavy atom. The van der Waals surface area contributed by atoms with Crippen LogP contribution in [0, 0.1) is 0 Å². The van der Waals surface area contributed by atoms with E-state index in [0.717, 1.165) is 11.0 Å². The van der Waals surface area contributed by atoms with Crippen molar-refractivity contribution in [1.29, 1.82) is 0 Å². The number of hydrogen-bond donors (Lipinski definition) is 1. The van der Waals surface area contributed by atoms with Gasteiger partial charge < -0.3 is 10.2 Å². The molecule has 1 aromatic rings. The molecule has 112 valence electrons. The molecule has 1 unspecified atom stereocenters. The minimum Gasteiger partial charge on any atom is -0.309 e. The third kappa shape index (κ3) is 5.14. The first-order chi connectivity index (χ1) is 9.66. The highest BCUT2D eigenvalue weighted by atomic mass is 79.9. The molecule has 4 heteroatoms. The van der Waals surface area contributed by atoms with Crippen molar-refractivity contribution < 1.29 is 0 Å². The van der Waals surface area contributed by atoms with E-state index in [1.165, 1.54) is 55.4 Å². The molecule has 1 saturated heterocycles. The van der Waals surface area contributed by atoms with Crippen molar-refractivity contribution in [3.8, 4) is 0 Å². The van der Waals surface area contributed by atoms with Crippen LogP contribution in [0.25, 0.3) is 0 Å². The molecule has 0 bridgehead atoms. The SMILES string of the molecule is CC(NCCN1CCCCCC1)c1ccc(Br)cc1Br. The Balaban J connectivity index is 1.78. The van der Waals surface area contributed by atoms with Gasteiger partial charge in [-0.25, -0.2) is 0 Å². The lowest BCUT2D eigenvalue weighted by molar-refractivity contribution is 0.280. The van der Waals surface area contributed by atoms with Crippen molar-refractivity contribution in [2.24, 2.45) is 0 Å². The zero-order chi connectivity index (χ0) is 14.4. The van der Waals surface area contributed by atoms with Gasteiger partial charge >= 0.3 is 0 Å². The Labute approximate surface area is 139 Å². The fourth-order valence-corrected chi connectivity index (χ4v) is 4.15. The van der Waals surface area contributed by atoms with Gasteiger partial charge in [0.2, 0.25) is 0 Å². The summed E-state index contributed by atoms with van der Waals surface area (Å²) in [5.41, 5.74) is 1.32. The third-order valence-corrected chi connectivity index (χ3v) is 5.19. The van der Waals surface area contributed by atoms with Crippen LogP contribution in [0.5, 0.6) is 0 Å². The molecule has 1 aliphatic heterocycles. The maximum Gasteiger partial charge on any atom is 0.0303 e. The topological polar surface area (TPSA) is 15.3 Å². The van der Waals surface area contributed by atoms with Crippen molar-refractivity contribution in [1.82, 2.24) is 10.2 Å². The Kier molecular flexibility index (Phi) is 7.02. The van der Waals surface area contributed by atoms with E-state index in [4.69, 9.17) is 0 Å². The number of likely N-dealkylation sites (tertiary alicyclic amines) is 1. The van der Waals surface area contributed by atoms with Crippen LogP contribution in [-0.2, 0) is 0 Å². The molecule has 0 amide bonds. The molecule has 0 spiro atoms. The summed E-state index contributed by atoms with van der Waals surface area (Å²) in [6.07, 6.45) is 5.56. The fourth-order valence-electron chi connectivity index (χ4n) is 2.76. The quantitative estimate of drug-likeness (QED) is 0.763. The van der Waals surface area contributed by atoms with E-state index in [-0.39, 0.29) is 0 Å².